The van der Waals surface area contributed by atoms with E-state index in [1.165, 1.54) is 6.08 Å². The molecule has 2 aromatic rings. The molecule has 6 nitrogen and oxygen atoms in total. The Kier molecular flexibility index (Phi) is 6.33. The number of benzene rings is 1. The van der Waals surface area contributed by atoms with Gasteiger partial charge in [-0.3, -0.25) is 9.48 Å². The normalized spacial score (nSPS) is 11.0. The standard InChI is InChI=1S/C20H25N3O3/c1-14-8-6-7-9-17(14)12-22(4)19(24)13-26-20(25)11-10-18-15(2)21-23(5)16(18)3/h6-11H,12-13H2,1-5H3/b11-10+. The molecule has 2 rings (SSSR count). The fraction of sp³-hybridized carbons (Fsp3) is 0.350. The van der Waals surface area contributed by atoms with E-state index < -0.39 is 5.97 Å². The highest BCUT2D eigenvalue weighted by atomic mass is 16.5. The highest BCUT2D eigenvalue weighted by molar-refractivity contribution is 5.89. The molecule has 0 unspecified atom stereocenters. The van der Waals surface area contributed by atoms with Crippen molar-refractivity contribution in [2.24, 2.45) is 7.05 Å². The molecule has 1 amide bonds. The quantitative estimate of drug-likeness (QED) is 0.590. The Morgan fingerprint density at radius 2 is 1.92 bits per heavy atom. The Morgan fingerprint density at radius 3 is 2.54 bits per heavy atom. The van der Waals surface area contributed by atoms with Crippen molar-refractivity contribution in [1.29, 1.82) is 0 Å². The van der Waals surface area contributed by atoms with Crippen LogP contribution >= 0.6 is 0 Å². The lowest BCUT2D eigenvalue weighted by Gasteiger charge is -2.18. The minimum atomic E-state index is -0.551. The molecule has 1 heterocycles. The highest BCUT2D eigenvalue weighted by Crippen LogP contribution is 2.13. The number of carbonyl (C=O) groups excluding carboxylic acids is 2. The van der Waals surface area contributed by atoms with E-state index in [4.69, 9.17) is 4.74 Å². The number of aryl methyl sites for hydroxylation is 3. The first-order valence-electron chi connectivity index (χ1n) is 8.43. The van der Waals surface area contributed by atoms with Crippen LogP contribution in [0.4, 0.5) is 0 Å². The second-order valence-electron chi connectivity index (χ2n) is 6.33. The summed E-state index contributed by atoms with van der Waals surface area (Å²) in [5.41, 5.74) is 4.86. The molecule has 1 aromatic carbocycles. The fourth-order valence-corrected chi connectivity index (χ4v) is 2.60. The predicted octanol–water partition coefficient (Wildman–Crippen LogP) is 2.56. The van der Waals surface area contributed by atoms with Gasteiger partial charge in [0.1, 0.15) is 0 Å². The molecule has 138 valence electrons. The highest BCUT2D eigenvalue weighted by Gasteiger charge is 2.13. The van der Waals surface area contributed by atoms with Crippen molar-refractivity contribution in [1.82, 2.24) is 14.7 Å². The zero-order valence-corrected chi connectivity index (χ0v) is 15.9. The molecule has 0 aliphatic carbocycles. The summed E-state index contributed by atoms with van der Waals surface area (Å²) in [7, 11) is 3.54. The van der Waals surface area contributed by atoms with Crippen molar-refractivity contribution in [3.63, 3.8) is 0 Å². The molecule has 26 heavy (non-hydrogen) atoms. The summed E-state index contributed by atoms with van der Waals surface area (Å²) < 4.78 is 6.81. The van der Waals surface area contributed by atoms with Gasteiger partial charge < -0.3 is 9.64 Å². The minimum absolute atomic E-state index is 0.247. The molecule has 0 spiro atoms. The molecule has 0 radical (unpaired) electrons. The van der Waals surface area contributed by atoms with Crippen LogP contribution in [0.1, 0.15) is 28.1 Å². The Hall–Kier alpha value is -2.89. The molecule has 1 aromatic heterocycles. The van der Waals surface area contributed by atoms with Gasteiger partial charge in [-0.1, -0.05) is 24.3 Å². The molecule has 0 saturated carbocycles. The van der Waals surface area contributed by atoms with Crippen LogP contribution in [0.2, 0.25) is 0 Å². The largest absolute Gasteiger partial charge is 0.452 e. The molecule has 0 aliphatic rings. The van der Waals surface area contributed by atoms with Gasteiger partial charge in [0.25, 0.3) is 5.91 Å². The molecular formula is C20H25N3O3. The van der Waals surface area contributed by atoms with Gasteiger partial charge in [-0.2, -0.15) is 5.10 Å². The summed E-state index contributed by atoms with van der Waals surface area (Å²) in [6.45, 7) is 6.00. The van der Waals surface area contributed by atoms with E-state index in [2.05, 4.69) is 5.10 Å². The molecule has 0 atom stereocenters. The van der Waals surface area contributed by atoms with Gasteiger partial charge >= 0.3 is 5.97 Å². The lowest BCUT2D eigenvalue weighted by Crippen LogP contribution is -2.30. The van der Waals surface area contributed by atoms with E-state index in [-0.39, 0.29) is 12.5 Å². The van der Waals surface area contributed by atoms with Gasteiger partial charge in [-0.15, -0.1) is 0 Å². The summed E-state index contributed by atoms with van der Waals surface area (Å²) in [5.74, 6) is -0.797. The van der Waals surface area contributed by atoms with Crippen LogP contribution in [0.3, 0.4) is 0 Å². The molecule has 0 aliphatic heterocycles. The number of rotatable bonds is 6. The maximum Gasteiger partial charge on any atom is 0.331 e. The topological polar surface area (TPSA) is 64.4 Å². The van der Waals surface area contributed by atoms with Gasteiger partial charge in [-0.25, -0.2) is 4.79 Å². The van der Waals surface area contributed by atoms with Crippen molar-refractivity contribution >= 4 is 18.0 Å². The number of esters is 1. The molecule has 6 heteroatoms. The lowest BCUT2D eigenvalue weighted by atomic mass is 10.1. The molecule has 0 bridgehead atoms. The second kappa shape index (κ2) is 8.47. The van der Waals surface area contributed by atoms with Crippen LogP contribution < -0.4 is 0 Å². The molecule has 0 saturated heterocycles. The third-order valence-electron chi connectivity index (χ3n) is 4.38. The average Bonchev–Trinajstić information content (AvgIpc) is 2.85. The summed E-state index contributed by atoms with van der Waals surface area (Å²) in [6, 6.07) is 7.88. The number of carbonyl (C=O) groups is 2. The van der Waals surface area contributed by atoms with Crippen LogP contribution in [-0.2, 0) is 27.9 Å². The van der Waals surface area contributed by atoms with Crippen LogP contribution in [0.15, 0.2) is 30.3 Å². The SMILES string of the molecule is Cc1ccccc1CN(C)C(=O)COC(=O)/C=C/c1c(C)nn(C)c1C. The van der Waals surface area contributed by atoms with Gasteiger partial charge in [0.15, 0.2) is 6.61 Å². The van der Waals surface area contributed by atoms with Gasteiger partial charge in [0, 0.05) is 38.0 Å². The maximum absolute atomic E-state index is 12.2. The van der Waals surface area contributed by atoms with E-state index >= 15 is 0 Å². The number of hydrogen-bond acceptors (Lipinski definition) is 4. The Balaban J connectivity index is 1.87. The third kappa shape index (κ3) is 4.81. The van der Waals surface area contributed by atoms with Crippen molar-refractivity contribution in [3.8, 4) is 0 Å². The summed E-state index contributed by atoms with van der Waals surface area (Å²) in [4.78, 5) is 25.6. The van der Waals surface area contributed by atoms with E-state index in [1.54, 1.807) is 22.7 Å². The Morgan fingerprint density at radius 1 is 1.23 bits per heavy atom. The van der Waals surface area contributed by atoms with Gasteiger partial charge in [0.05, 0.1) is 5.69 Å². The summed E-state index contributed by atoms with van der Waals surface area (Å²) in [6.07, 6.45) is 2.99. The van der Waals surface area contributed by atoms with E-state index in [9.17, 15) is 9.59 Å². The van der Waals surface area contributed by atoms with E-state index in [0.717, 1.165) is 28.1 Å². The third-order valence-corrected chi connectivity index (χ3v) is 4.38. The number of ether oxygens (including phenoxy) is 1. The maximum atomic E-state index is 12.2. The number of nitrogens with zero attached hydrogens (tertiary/aromatic N) is 3. The van der Waals surface area contributed by atoms with Crippen molar-refractivity contribution in [3.05, 3.63) is 58.4 Å². The first-order valence-corrected chi connectivity index (χ1v) is 8.43. The number of amides is 1. The Labute approximate surface area is 154 Å². The average molecular weight is 355 g/mol. The van der Waals surface area contributed by atoms with Gasteiger partial charge in [0.2, 0.25) is 0 Å². The molecule has 0 fully saturated rings. The predicted molar refractivity (Wildman–Crippen MR) is 100 cm³/mol. The first kappa shape index (κ1) is 19.4. The number of hydrogen-bond donors (Lipinski definition) is 0. The van der Waals surface area contributed by atoms with Crippen LogP contribution in [0.25, 0.3) is 6.08 Å². The van der Waals surface area contributed by atoms with Crippen molar-refractivity contribution in [2.45, 2.75) is 27.3 Å². The minimum Gasteiger partial charge on any atom is -0.452 e. The smallest absolute Gasteiger partial charge is 0.331 e. The Bertz CT molecular complexity index is 837. The first-order chi connectivity index (χ1) is 12.3. The second-order valence-corrected chi connectivity index (χ2v) is 6.33. The van der Waals surface area contributed by atoms with E-state index in [1.807, 2.05) is 52.1 Å². The monoisotopic (exact) mass is 355 g/mol. The molecule has 0 N–H and O–H groups in total. The van der Waals surface area contributed by atoms with Crippen LogP contribution in [-0.4, -0.2) is 40.2 Å². The molecular weight excluding hydrogens is 330 g/mol. The fourth-order valence-electron chi connectivity index (χ4n) is 2.60. The van der Waals surface area contributed by atoms with E-state index in [0.29, 0.717) is 6.54 Å². The zero-order valence-electron chi connectivity index (χ0n) is 15.9. The summed E-state index contributed by atoms with van der Waals surface area (Å²) >= 11 is 0. The van der Waals surface area contributed by atoms with Crippen molar-refractivity contribution in [2.75, 3.05) is 13.7 Å². The number of aromatic nitrogens is 2. The van der Waals surface area contributed by atoms with Crippen LogP contribution in [0.5, 0.6) is 0 Å². The zero-order chi connectivity index (χ0) is 19.3. The van der Waals surface area contributed by atoms with Crippen LogP contribution in [0, 0.1) is 20.8 Å². The lowest BCUT2D eigenvalue weighted by molar-refractivity contribution is -0.147. The number of likely N-dealkylation sites (N-methyl/N-ethyl adjacent to an activating group) is 1. The van der Waals surface area contributed by atoms with Crippen molar-refractivity contribution < 1.29 is 14.3 Å². The summed E-state index contributed by atoms with van der Waals surface area (Å²) in [5, 5.41) is 4.29. The van der Waals surface area contributed by atoms with Gasteiger partial charge in [-0.05, 0) is 38.0 Å².